The third-order valence-corrected chi connectivity index (χ3v) is 5.46. The second kappa shape index (κ2) is 19.9. The molecule has 0 aromatic heterocycles. The van der Waals surface area contributed by atoms with Gasteiger partial charge in [0, 0.05) is 39.3 Å². The Kier molecular flexibility index (Phi) is 17.3. The molecule has 0 saturated carbocycles. The number of carbonyl (C=O) groups is 6. The number of amides is 4. The zero-order chi connectivity index (χ0) is 29.0. The van der Waals surface area contributed by atoms with Crippen LogP contribution < -0.4 is 5.32 Å². The number of imide groups is 1. The summed E-state index contributed by atoms with van der Waals surface area (Å²) in [6.07, 6.45) is 0.562. The molecule has 0 aliphatic carbocycles. The van der Waals surface area contributed by atoms with Gasteiger partial charge in [0.05, 0.1) is 59.3 Å². The van der Waals surface area contributed by atoms with Gasteiger partial charge < -0.3 is 39.1 Å². The highest BCUT2D eigenvalue weighted by molar-refractivity contribution is 6.01. The van der Waals surface area contributed by atoms with Gasteiger partial charge in [-0.05, 0) is 13.3 Å². The average Bonchev–Trinajstić information content (AvgIpc) is 3.21. The molecule has 1 saturated heterocycles. The monoisotopic (exact) mass is 561 g/mol. The number of nitrogens with one attached hydrogen (secondary N) is 1. The molecule has 1 heterocycles. The van der Waals surface area contributed by atoms with Crippen molar-refractivity contribution in [3.05, 3.63) is 0 Å². The summed E-state index contributed by atoms with van der Waals surface area (Å²) < 4.78 is 21.3. The predicted octanol–water partition coefficient (Wildman–Crippen LogP) is -0.732. The first-order valence-electron chi connectivity index (χ1n) is 12.8. The average molecular weight is 562 g/mol. The van der Waals surface area contributed by atoms with Gasteiger partial charge in [-0.25, -0.2) is 9.59 Å². The maximum absolute atomic E-state index is 11.9. The van der Waals surface area contributed by atoms with Gasteiger partial charge in [-0.1, -0.05) is 0 Å². The van der Waals surface area contributed by atoms with E-state index in [2.05, 4.69) is 5.32 Å². The molecule has 222 valence electrons. The second-order valence-corrected chi connectivity index (χ2v) is 8.47. The first kappa shape index (κ1) is 33.9. The van der Waals surface area contributed by atoms with Crippen molar-refractivity contribution < 1.29 is 57.7 Å². The number of carbonyl (C=O) groups excluding carboxylic acids is 5. The van der Waals surface area contributed by atoms with E-state index in [0.29, 0.717) is 57.7 Å². The number of nitrogens with zero attached hydrogens (tertiary/aromatic N) is 2. The molecule has 15 nitrogen and oxygen atoms in total. The Morgan fingerprint density at radius 1 is 0.846 bits per heavy atom. The van der Waals surface area contributed by atoms with Crippen LogP contribution in [0.5, 0.6) is 0 Å². The van der Waals surface area contributed by atoms with E-state index < -0.39 is 29.8 Å². The lowest BCUT2D eigenvalue weighted by Gasteiger charge is -2.21. The number of carboxylic acids is 1. The zero-order valence-corrected chi connectivity index (χ0v) is 22.5. The molecular formula is C24H39N3O12. The minimum atomic E-state index is -1.08. The number of aliphatic carboxylic acids is 1. The summed E-state index contributed by atoms with van der Waals surface area (Å²) in [6.45, 7) is 4.04. The van der Waals surface area contributed by atoms with Crippen molar-refractivity contribution in [1.29, 1.82) is 0 Å². The van der Waals surface area contributed by atoms with Crippen LogP contribution in [-0.4, -0.2) is 123 Å². The summed E-state index contributed by atoms with van der Waals surface area (Å²) in [6, 6.07) is -0.915. The molecule has 0 spiro atoms. The Balaban J connectivity index is 1.84. The minimum absolute atomic E-state index is 0.0435. The molecule has 0 aromatic carbocycles. The molecule has 0 unspecified atom stereocenters. The number of hydroxylamine groups is 2. The third-order valence-electron chi connectivity index (χ3n) is 5.46. The molecule has 1 atom stereocenters. The Labute approximate surface area is 226 Å². The maximum Gasteiger partial charge on any atom is 0.335 e. The van der Waals surface area contributed by atoms with Crippen molar-refractivity contribution in [2.24, 2.45) is 0 Å². The zero-order valence-electron chi connectivity index (χ0n) is 22.5. The molecule has 1 fully saturated rings. The van der Waals surface area contributed by atoms with Gasteiger partial charge in [0.2, 0.25) is 11.8 Å². The summed E-state index contributed by atoms with van der Waals surface area (Å²) in [5.74, 6) is -3.40. The van der Waals surface area contributed by atoms with Crippen molar-refractivity contribution in [2.75, 3.05) is 66.4 Å². The number of carboxylic acid groups (broad SMARTS) is 1. The van der Waals surface area contributed by atoms with E-state index in [-0.39, 0.29) is 57.1 Å². The standard InChI is InChI=1S/C24H39N3O12/c1-18(24(33)34)26(2)20(29)5-3-4-19(28)25-9-11-36-13-15-38-17-16-37-14-12-35-10-8-23(32)39-27-21(30)6-7-22(27)31/h18H,3-17H2,1-2H3,(H,25,28)(H,33,34)/t18-/m0/s1. The van der Waals surface area contributed by atoms with Crippen LogP contribution in [0.1, 0.15) is 45.4 Å². The third kappa shape index (κ3) is 15.1. The van der Waals surface area contributed by atoms with Crippen LogP contribution in [0.4, 0.5) is 0 Å². The fourth-order valence-electron chi connectivity index (χ4n) is 3.03. The Morgan fingerprint density at radius 2 is 1.36 bits per heavy atom. The Bertz CT molecular complexity index is 806. The van der Waals surface area contributed by atoms with Crippen LogP contribution >= 0.6 is 0 Å². The van der Waals surface area contributed by atoms with Gasteiger partial charge in [0.25, 0.3) is 11.8 Å². The van der Waals surface area contributed by atoms with Gasteiger partial charge in [-0.2, -0.15) is 0 Å². The summed E-state index contributed by atoms with van der Waals surface area (Å²) in [5.41, 5.74) is 0. The summed E-state index contributed by atoms with van der Waals surface area (Å²) >= 11 is 0. The lowest BCUT2D eigenvalue weighted by Crippen LogP contribution is -2.40. The molecule has 1 rings (SSSR count). The fourth-order valence-corrected chi connectivity index (χ4v) is 3.03. The van der Waals surface area contributed by atoms with E-state index in [1.54, 1.807) is 0 Å². The first-order chi connectivity index (χ1) is 18.6. The first-order valence-corrected chi connectivity index (χ1v) is 12.8. The molecule has 1 aliphatic heterocycles. The molecule has 0 radical (unpaired) electrons. The number of ether oxygens (including phenoxy) is 4. The predicted molar refractivity (Wildman–Crippen MR) is 132 cm³/mol. The van der Waals surface area contributed by atoms with Crippen LogP contribution in [0, 0.1) is 0 Å². The molecule has 15 heteroatoms. The molecule has 2 N–H and O–H groups in total. The van der Waals surface area contributed by atoms with E-state index in [1.165, 1.54) is 14.0 Å². The van der Waals surface area contributed by atoms with Crippen LogP contribution in [-0.2, 0) is 52.6 Å². The highest BCUT2D eigenvalue weighted by Crippen LogP contribution is 2.12. The number of likely N-dealkylation sites (N-methyl/N-ethyl adjacent to an activating group) is 1. The lowest BCUT2D eigenvalue weighted by molar-refractivity contribution is -0.198. The second-order valence-electron chi connectivity index (χ2n) is 8.47. The van der Waals surface area contributed by atoms with Crippen molar-refractivity contribution in [3.8, 4) is 0 Å². The lowest BCUT2D eigenvalue weighted by atomic mass is 10.2. The fraction of sp³-hybridized carbons (Fsp3) is 0.750. The topological polar surface area (TPSA) is 187 Å². The van der Waals surface area contributed by atoms with Crippen LogP contribution in [0.25, 0.3) is 0 Å². The van der Waals surface area contributed by atoms with Gasteiger partial charge in [-0.3, -0.25) is 19.2 Å². The molecule has 39 heavy (non-hydrogen) atoms. The summed E-state index contributed by atoms with van der Waals surface area (Å²) in [5, 5.41) is 12.1. The van der Waals surface area contributed by atoms with Gasteiger partial charge in [0.15, 0.2) is 0 Å². The van der Waals surface area contributed by atoms with E-state index in [9.17, 15) is 28.8 Å². The minimum Gasteiger partial charge on any atom is -0.480 e. The molecule has 0 bridgehead atoms. The van der Waals surface area contributed by atoms with E-state index >= 15 is 0 Å². The van der Waals surface area contributed by atoms with Gasteiger partial charge in [0.1, 0.15) is 6.04 Å². The number of hydrogen-bond acceptors (Lipinski definition) is 11. The quantitative estimate of drug-likeness (QED) is 0.125. The van der Waals surface area contributed by atoms with E-state index in [0.717, 1.165) is 4.90 Å². The van der Waals surface area contributed by atoms with Crippen LogP contribution in [0.3, 0.4) is 0 Å². The van der Waals surface area contributed by atoms with E-state index in [1.807, 2.05) is 0 Å². The highest BCUT2D eigenvalue weighted by Gasteiger charge is 2.32. The maximum atomic E-state index is 11.9. The van der Waals surface area contributed by atoms with Gasteiger partial charge in [-0.15, -0.1) is 5.06 Å². The molecule has 4 amide bonds. The smallest absolute Gasteiger partial charge is 0.335 e. The Morgan fingerprint density at radius 3 is 1.90 bits per heavy atom. The normalized spacial score (nSPS) is 13.8. The largest absolute Gasteiger partial charge is 0.480 e. The van der Waals surface area contributed by atoms with Crippen molar-refractivity contribution >= 4 is 35.6 Å². The van der Waals surface area contributed by atoms with E-state index in [4.69, 9.17) is 28.9 Å². The molecular weight excluding hydrogens is 522 g/mol. The number of rotatable bonds is 22. The highest BCUT2D eigenvalue weighted by atomic mass is 16.7. The van der Waals surface area contributed by atoms with Crippen LogP contribution in [0.15, 0.2) is 0 Å². The SMILES string of the molecule is C[C@@H](C(=O)O)N(C)C(=O)CCCC(=O)NCCOCCOCCOCCOCCC(=O)ON1C(=O)CCC1=O. The molecule has 0 aromatic rings. The van der Waals surface area contributed by atoms with Crippen molar-refractivity contribution in [2.45, 2.75) is 51.5 Å². The van der Waals surface area contributed by atoms with Crippen molar-refractivity contribution in [1.82, 2.24) is 15.3 Å². The molecule has 1 aliphatic rings. The van der Waals surface area contributed by atoms with Gasteiger partial charge >= 0.3 is 11.9 Å². The number of hydrogen-bond donors (Lipinski definition) is 2. The van der Waals surface area contributed by atoms with Crippen LogP contribution in [0.2, 0.25) is 0 Å². The summed E-state index contributed by atoms with van der Waals surface area (Å²) in [7, 11) is 1.42. The Hall–Kier alpha value is -3.14. The van der Waals surface area contributed by atoms with Crippen molar-refractivity contribution in [3.63, 3.8) is 0 Å². The summed E-state index contributed by atoms with van der Waals surface area (Å²) in [4.78, 5) is 74.8.